The van der Waals surface area contributed by atoms with Crippen LogP contribution in [0.15, 0.2) is 53.3 Å². The van der Waals surface area contributed by atoms with Crippen molar-refractivity contribution in [3.63, 3.8) is 0 Å². The van der Waals surface area contributed by atoms with E-state index in [1.807, 2.05) is 23.1 Å². The molecule has 1 atom stereocenters. The van der Waals surface area contributed by atoms with Gasteiger partial charge in [0.05, 0.1) is 0 Å². The second-order valence-electron chi connectivity index (χ2n) is 7.19. The molecule has 0 saturated carbocycles. The van der Waals surface area contributed by atoms with E-state index in [0.29, 0.717) is 18.2 Å². The molecule has 3 rings (SSSR count). The highest BCUT2D eigenvalue weighted by Gasteiger charge is 2.24. The lowest BCUT2D eigenvalue weighted by Crippen LogP contribution is -2.43. The Labute approximate surface area is 154 Å². The Bertz CT molecular complexity index is 772. The summed E-state index contributed by atoms with van der Waals surface area (Å²) >= 11 is 0. The second-order valence-corrected chi connectivity index (χ2v) is 7.19. The Kier molecular flexibility index (Phi) is 6.23. The third-order valence-corrected chi connectivity index (χ3v) is 5.00. The second kappa shape index (κ2) is 8.81. The first-order valence-corrected chi connectivity index (χ1v) is 9.33. The number of hydrogen-bond donors (Lipinski definition) is 1. The van der Waals surface area contributed by atoms with Crippen molar-refractivity contribution in [2.45, 2.75) is 19.3 Å². The van der Waals surface area contributed by atoms with Crippen LogP contribution in [0.25, 0.3) is 0 Å². The number of pyridine rings is 1. The number of aromatic nitrogens is 1. The van der Waals surface area contributed by atoms with E-state index in [9.17, 15) is 9.59 Å². The van der Waals surface area contributed by atoms with E-state index in [0.717, 1.165) is 32.5 Å². The maximum Gasteiger partial charge on any atom is 0.270 e. The highest BCUT2D eigenvalue weighted by Crippen LogP contribution is 2.18. The first-order chi connectivity index (χ1) is 12.6. The van der Waals surface area contributed by atoms with Gasteiger partial charge in [-0.15, -0.1) is 0 Å². The van der Waals surface area contributed by atoms with Gasteiger partial charge in [-0.25, -0.2) is 0 Å². The summed E-state index contributed by atoms with van der Waals surface area (Å²) in [4.78, 5) is 31.5. The Morgan fingerprint density at radius 1 is 1.19 bits per heavy atom. The van der Waals surface area contributed by atoms with Crippen LogP contribution < -0.4 is 5.56 Å². The van der Waals surface area contributed by atoms with E-state index in [1.54, 1.807) is 12.1 Å². The fourth-order valence-electron chi connectivity index (χ4n) is 3.66. The average Bonchev–Trinajstić information content (AvgIpc) is 2.65. The first kappa shape index (κ1) is 18.4. The molecule has 1 aliphatic rings. The van der Waals surface area contributed by atoms with Crippen LogP contribution in [0, 0.1) is 5.92 Å². The average molecular weight is 353 g/mol. The molecule has 0 bridgehead atoms. The van der Waals surface area contributed by atoms with Gasteiger partial charge in [-0.3, -0.25) is 9.59 Å². The maximum atomic E-state index is 13.0. The number of carbonyl (C=O) groups is 1. The standard InChI is InChI=1S/C21H27N3O2/c1-23-13-6-9-18(15-23)16-24(14-12-17-7-3-2-4-8-17)21(26)19-10-5-11-20(25)22-19/h2-5,7-8,10-11,18H,6,9,12-16H2,1H3,(H,22,25)/t18-/m0/s1. The Morgan fingerprint density at radius 3 is 2.73 bits per heavy atom. The van der Waals surface area contributed by atoms with Crippen LogP contribution in [0.1, 0.15) is 28.9 Å². The number of benzene rings is 1. The molecule has 5 nitrogen and oxygen atoms in total. The largest absolute Gasteiger partial charge is 0.337 e. The SMILES string of the molecule is CN1CCC[C@H](CN(CCc2ccccc2)C(=O)c2cccc(=O)[nH]2)C1. The normalized spacial score (nSPS) is 17.8. The van der Waals surface area contributed by atoms with Crippen molar-refractivity contribution in [2.75, 3.05) is 33.2 Å². The lowest BCUT2D eigenvalue weighted by molar-refractivity contribution is 0.0687. The van der Waals surface area contributed by atoms with Crippen molar-refractivity contribution in [1.82, 2.24) is 14.8 Å². The van der Waals surface area contributed by atoms with Crippen molar-refractivity contribution < 1.29 is 4.79 Å². The number of likely N-dealkylation sites (tertiary alicyclic amines) is 1. The molecule has 1 aromatic carbocycles. The van der Waals surface area contributed by atoms with Gasteiger partial charge in [-0.1, -0.05) is 36.4 Å². The van der Waals surface area contributed by atoms with Crippen LogP contribution >= 0.6 is 0 Å². The highest BCUT2D eigenvalue weighted by atomic mass is 16.2. The predicted molar refractivity (Wildman–Crippen MR) is 103 cm³/mol. The molecule has 0 aliphatic carbocycles. The molecule has 2 aromatic rings. The van der Waals surface area contributed by atoms with Crippen molar-refractivity contribution in [3.05, 3.63) is 70.1 Å². The Hall–Kier alpha value is -2.40. The van der Waals surface area contributed by atoms with Crippen LogP contribution in [-0.2, 0) is 6.42 Å². The molecule has 0 unspecified atom stereocenters. The molecule has 5 heteroatoms. The van der Waals surface area contributed by atoms with Gasteiger partial charge >= 0.3 is 0 Å². The lowest BCUT2D eigenvalue weighted by atomic mass is 9.97. The minimum Gasteiger partial charge on any atom is -0.337 e. The minimum absolute atomic E-state index is 0.0909. The molecule has 1 fully saturated rings. The van der Waals surface area contributed by atoms with E-state index in [-0.39, 0.29) is 11.5 Å². The number of carbonyl (C=O) groups excluding carboxylic acids is 1. The molecule has 1 aromatic heterocycles. The number of amides is 1. The third-order valence-electron chi connectivity index (χ3n) is 5.00. The van der Waals surface area contributed by atoms with E-state index in [1.165, 1.54) is 18.1 Å². The molecule has 138 valence electrons. The molecule has 1 saturated heterocycles. The maximum absolute atomic E-state index is 13.0. The van der Waals surface area contributed by atoms with Gasteiger partial charge in [0.25, 0.3) is 5.91 Å². The van der Waals surface area contributed by atoms with Gasteiger partial charge in [-0.2, -0.15) is 0 Å². The van der Waals surface area contributed by atoms with Crippen LogP contribution in [0.4, 0.5) is 0 Å². The molecule has 0 spiro atoms. The molecular weight excluding hydrogens is 326 g/mol. The summed E-state index contributed by atoms with van der Waals surface area (Å²) in [6.07, 6.45) is 3.13. The smallest absolute Gasteiger partial charge is 0.270 e. The van der Waals surface area contributed by atoms with Crippen molar-refractivity contribution in [1.29, 1.82) is 0 Å². The summed E-state index contributed by atoms with van der Waals surface area (Å²) in [5, 5.41) is 0. The fourth-order valence-corrected chi connectivity index (χ4v) is 3.66. The Balaban J connectivity index is 1.73. The lowest BCUT2D eigenvalue weighted by Gasteiger charge is -2.34. The number of nitrogens with zero attached hydrogens (tertiary/aromatic N) is 2. The number of piperidine rings is 1. The molecule has 0 radical (unpaired) electrons. The van der Waals surface area contributed by atoms with E-state index < -0.39 is 0 Å². The predicted octanol–water partition coefficient (Wildman–Crippen LogP) is 2.40. The van der Waals surface area contributed by atoms with Crippen molar-refractivity contribution in [3.8, 4) is 0 Å². The van der Waals surface area contributed by atoms with Gasteiger partial charge in [0.15, 0.2) is 0 Å². The van der Waals surface area contributed by atoms with Crippen LogP contribution in [0.2, 0.25) is 0 Å². The van der Waals surface area contributed by atoms with Gasteiger partial charge in [-0.05, 0) is 50.4 Å². The molecule has 26 heavy (non-hydrogen) atoms. The van der Waals surface area contributed by atoms with E-state index in [4.69, 9.17) is 0 Å². The Morgan fingerprint density at radius 2 is 2.00 bits per heavy atom. The number of aromatic amines is 1. The summed E-state index contributed by atoms with van der Waals surface area (Å²) in [6, 6.07) is 15.0. The summed E-state index contributed by atoms with van der Waals surface area (Å²) in [5.41, 5.74) is 1.35. The summed E-state index contributed by atoms with van der Waals surface area (Å²) in [6.45, 7) is 3.52. The molecule has 1 N–H and O–H groups in total. The zero-order valence-corrected chi connectivity index (χ0v) is 15.4. The minimum atomic E-state index is -0.240. The monoisotopic (exact) mass is 353 g/mol. The summed E-state index contributed by atoms with van der Waals surface area (Å²) in [7, 11) is 2.14. The molecule has 1 aliphatic heterocycles. The molecule has 2 heterocycles. The highest BCUT2D eigenvalue weighted by molar-refractivity contribution is 5.92. The third kappa shape index (κ3) is 5.05. The van der Waals surface area contributed by atoms with Crippen LogP contribution in [-0.4, -0.2) is 53.9 Å². The summed E-state index contributed by atoms with van der Waals surface area (Å²) < 4.78 is 0. The zero-order chi connectivity index (χ0) is 18.4. The van der Waals surface area contributed by atoms with Crippen LogP contribution in [0.3, 0.4) is 0 Å². The van der Waals surface area contributed by atoms with Crippen molar-refractivity contribution >= 4 is 5.91 Å². The van der Waals surface area contributed by atoms with Gasteiger partial charge < -0.3 is 14.8 Å². The van der Waals surface area contributed by atoms with Crippen molar-refractivity contribution in [2.24, 2.45) is 5.92 Å². The quantitative estimate of drug-likeness (QED) is 0.868. The molecular formula is C21H27N3O2. The topological polar surface area (TPSA) is 56.4 Å². The van der Waals surface area contributed by atoms with Gasteiger partial charge in [0.2, 0.25) is 5.56 Å². The fraction of sp³-hybridized carbons (Fsp3) is 0.429. The number of rotatable bonds is 6. The van der Waals surface area contributed by atoms with E-state index in [2.05, 4.69) is 29.1 Å². The number of H-pyrrole nitrogens is 1. The number of hydrogen-bond acceptors (Lipinski definition) is 3. The van der Waals surface area contributed by atoms with Gasteiger partial charge in [0, 0.05) is 25.7 Å². The molecule has 1 amide bonds. The zero-order valence-electron chi connectivity index (χ0n) is 15.4. The van der Waals surface area contributed by atoms with E-state index >= 15 is 0 Å². The van der Waals surface area contributed by atoms with Gasteiger partial charge in [0.1, 0.15) is 5.69 Å². The number of nitrogens with one attached hydrogen (secondary N) is 1. The van der Waals surface area contributed by atoms with Crippen LogP contribution in [0.5, 0.6) is 0 Å². The summed E-state index contributed by atoms with van der Waals surface area (Å²) in [5.74, 6) is 0.385. The first-order valence-electron chi connectivity index (χ1n) is 9.33.